The number of nitrogens with zero attached hydrogens (tertiary/aromatic N) is 2. The molecule has 3 rings (SSSR count). The van der Waals surface area contributed by atoms with E-state index in [1.54, 1.807) is 7.11 Å². The second kappa shape index (κ2) is 8.41. The van der Waals surface area contributed by atoms with E-state index < -0.39 is 0 Å². The lowest BCUT2D eigenvalue weighted by Crippen LogP contribution is -2.40. The van der Waals surface area contributed by atoms with E-state index >= 15 is 0 Å². The standard InChI is InChI=1S/C21H27N3OS/c1-23(2)18-10-8-17(9-11-18)22-21(26)24-14-12-16(13-15-24)19-6-4-5-7-20(19)25-3/h4-11,16H,12-15H2,1-3H3,(H,22,26). The molecule has 4 nitrogen and oxygen atoms in total. The third-order valence-electron chi connectivity index (χ3n) is 5.00. The van der Waals surface area contributed by atoms with Gasteiger partial charge < -0.3 is 19.9 Å². The summed E-state index contributed by atoms with van der Waals surface area (Å²) in [5.74, 6) is 1.53. The Hall–Kier alpha value is -2.27. The largest absolute Gasteiger partial charge is 0.496 e. The van der Waals surface area contributed by atoms with E-state index in [2.05, 4.69) is 51.5 Å². The summed E-state index contributed by atoms with van der Waals surface area (Å²) in [6.07, 6.45) is 2.17. The average Bonchev–Trinajstić information content (AvgIpc) is 2.68. The van der Waals surface area contributed by atoms with E-state index in [1.807, 2.05) is 26.2 Å². The Morgan fingerprint density at radius 1 is 1.08 bits per heavy atom. The number of para-hydroxylation sites is 1. The van der Waals surface area contributed by atoms with Crippen molar-refractivity contribution in [3.05, 3.63) is 54.1 Å². The van der Waals surface area contributed by atoms with Gasteiger partial charge in [-0.1, -0.05) is 18.2 Å². The summed E-state index contributed by atoms with van der Waals surface area (Å²) in [5, 5.41) is 4.18. The van der Waals surface area contributed by atoms with Gasteiger partial charge in [-0.3, -0.25) is 0 Å². The number of hydrogen-bond donors (Lipinski definition) is 1. The number of likely N-dealkylation sites (tertiary alicyclic amines) is 1. The second-order valence-electron chi connectivity index (χ2n) is 6.87. The van der Waals surface area contributed by atoms with Gasteiger partial charge in [0.1, 0.15) is 5.75 Å². The van der Waals surface area contributed by atoms with E-state index in [0.29, 0.717) is 5.92 Å². The fourth-order valence-electron chi connectivity index (χ4n) is 3.44. The van der Waals surface area contributed by atoms with Crippen LogP contribution in [0.15, 0.2) is 48.5 Å². The van der Waals surface area contributed by atoms with Crippen molar-refractivity contribution in [3.8, 4) is 5.75 Å². The topological polar surface area (TPSA) is 27.7 Å². The summed E-state index contributed by atoms with van der Waals surface area (Å²) in [7, 11) is 5.83. The molecule has 1 saturated heterocycles. The minimum Gasteiger partial charge on any atom is -0.496 e. The van der Waals surface area contributed by atoms with Crippen molar-refractivity contribution in [1.82, 2.24) is 4.90 Å². The number of ether oxygens (including phenoxy) is 1. The van der Waals surface area contributed by atoms with E-state index in [0.717, 1.165) is 42.5 Å². The molecule has 0 aromatic heterocycles. The molecule has 26 heavy (non-hydrogen) atoms. The van der Waals surface area contributed by atoms with Crippen LogP contribution in [0.5, 0.6) is 5.75 Å². The molecule has 1 aliphatic heterocycles. The van der Waals surface area contributed by atoms with E-state index in [4.69, 9.17) is 17.0 Å². The van der Waals surface area contributed by atoms with Crippen molar-refractivity contribution in [2.75, 3.05) is 44.5 Å². The molecule has 0 saturated carbocycles. The monoisotopic (exact) mass is 369 g/mol. The van der Waals surface area contributed by atoms with Crippen molar-refractivity contribution in [2.24, 2.45) is 0 Å². The highest BCUT2D eigenvalue weighted by molar-refractivity contribution is 7.80. The SMILES string of the molecule is COc1ccccc1C1CCN(C(=S)Nc2ccc(N(C)C)cc2)CC1. The molecular weight excluding hydrogens is 342 g/mol. The van der Waals surface area contributed by atoms with Gasteiger partial charge in [0, 0.05) is 38.6 Å². The van der Waals surface area contributed by atoms with Crippen LogP contribution in [0.1, 0.15) is 24.3 Å². The Bertz CT molecular complexity index is 737. The molecule has 0 aliphatic carbocycles. The predicted octanol–water partition coefficient (Wildman–Crippen LogP) is 4.34. The molecule has 2 aromatic carbocycles. The Labute approximate surface area is 161 Å². The van der Waals surface area contributed by atoms with Crippen LogP contribution < -0.4 is 15.0 Å². The molecule has 0 unspecified atom stereocenters. The zero-order chi connectivity index (χ0) is 18.5. The van der Waals surface area contributed by atoms with Crippen LogP contribution in [0, 0.1) is 0 Å². The maximum Gasteiger partial charge on any atom is 0.173 e. The van der Waals surface area contributed by atoms with Gasteiger partial charge in [-0.25, -0.2) is 0 Å². The normalized spacial score (nSPS) is 14.8. The smallest absolute Gasteiger partial charge is 0.173 e. The van der Waals surface area contributed by atoms with Gasteiger partial charge in [-0.05, 0) is 66.9 Å². The van der Waals surface area contributed by atoms with Gasteiger partial charge in [-0.15, -0.1) is 0 Å². The highest BCUT2D eigenvalue weighted by Crippen LogP contribution is 2.34. The zero-order valence-corrected chi connectivity index (χ0v) is 16.6. The van der Waals surface area contributed by atoms with Gasteiger partial charge in [0.25, 0.3) is 0 Å². The fraction of sp³-hybridized carbons (Fsp3) is 0.381. The van der Waals surface area contributed by atoms with Gasteiger partial charge >= 0.3 is 0 Å². The van der Waals surface area contributed by atoms with Gasteiger partial charge in [0.2, 0.25) is 0 Å². The molecular formula is C21H27N3OS. The number of piperidine rings is 1. The molecule has 1 heterocycles. The van der Waals surface area contributed by atoms with Crippen LogP contribution in [0.2, 0.25) is 0 Å². The minimum absolute atomic E-state index is 0.532. The molecule has 0 bridgehead atoms. The molecule has 1 N–H and O–H groups in total. The van der Waals surface area contributed by atoms with Crippen LogP contribution in [0.4, 0.5) is 11.4 Å². The fourth-order valence-corrected chi connectivity index (χ4v) is 3.74. The highest BCUT2D eigenvalue weighted by Gasteiger charge is 2.24. The summed E-state index contributed by atoms with van der Waals surface area (Å²) in [6.45, 7) is 1.93. The number of hydrogen-bond acceptors (Lipinski definition) is 3. The highest BCUT2D eigenvalue weighted by atomic mass is 32.1. The van der Waals surface area contributed by atoms with Gasteiger partial charge in [0.05, 0.1) is 7.11 Å². The number of anilines is 2. The Balaban J connectivity index is 1.56. The van der Waals surface area contributed by atoms with Crippen LogP contribution in [0.3, 0.4) is 0 Å². The molecule has 0 spiro atoms. The molecule has 138 valence electrons. The summed E-state index contributed by atoms with van der Waals surface area (Å²) in [6, 6.07) is 16.7. The third-order valence-corrected chi connectivity index (χ3v) is 5.36. The molecule has 0 radical (unpaired) electrons. The molecule has 0 atom stereocenters. The van der Waals surface area contributed by atoms with Crippen LogP contribution in [-0.2, 0) is 0 Å². The summed E-state index contributed by atoms with van der Waals surface area (Å²) in [4.78, 5) is 4.35. The number of rotatable bonds is 4. The van der Waals surface area contributed by atoms with Crippen LogP contribution >= 0.6 is 12.2 Å². The number of nitrogens with one attached hydrogen (secondary N) is 1. The number of thiocarbonyl (C=S) groups is 1. The first-order valence-electron chi connectivity index (χ1n) is 9.04. The average molecular weight is 370 g/mol. The minimum atomic E-state index is 0.532. The molecule has 1 aliphatic rings. The molecule has 1 fully saturated rings. The lowest BCUT2D eigenvalue weighted by molar-refractivity contribution is 0.310. The van der Waals surface area contributed by atoms with Crippen molar-refractivity contribution >= 4 is 28.7 Å². The summed E-state index contributed by atoms with van der Waals surface area (Å²) in [5.41, 5.74) is 3.53. The van der Waals surface area contributed by atoms with Gasteiger partial charge in [0.15, 0.2) is 5.11 Å². The lowest BCUT2D eigenvalue weighted by atomic mass is 9.89. The van der Waals surface area contributed by atoms with Crippen molar-refractivity contribution in [1.29, 1.82) is 0 Å². The van der Waals surface area contributed by atoms with Gasteiger partial charge in [-0.2, -0.15) is 0 Å². The Morgan fingerprint density at radius 2 is 1.73 bits per heavy atom. The quantitative estimate of drug-likeness (QED) is 0.810. The second-order valence-corrected chi connectivity index (χ2v) is 7.26. The van der Waals surface area contributed by atoms with Crippen molar-refractivity contribution in [3.63, 3.8) is 0 Å². The number of methoxy groups -OCH3 is 1. The molecule has 0 amide bonds. The maximum absolute atomic E-state index is 5.62. The summed E-state index contributed by atoms with van der Waals surface area (Å²) < 4.78 is 5.52. The lowest BCUT2D eigenvalue weighted by Gasteiger charge is -2.34. The first-order valence-corrected chi connectivity index (χ1v) is 9.45. The third kappa shape index (κ3) is 4.28. The Kier molecular flexibility index (Phi) is 5.99. The van der Waals surface area contributed by atoms with E-state index in [9.17, 15) is 0 Å². The van der Waals surface area contributed by atoms with E-state index in [1.165, 1.54) is 11.3 Å². The Morgan fingerprint density at radius 3 is 2.35 bits per heavy atom. The number of benzene rings is 2. The maximum atomic E-state index is 5.62. The van der Waals surface area contributed by atoms with Crippen LogP contribution in [-0.4, -0.2) is 44.3 Å². The molecule has 5 heteroatoms. The molecule has 2 aromatic rings. The zero-order valence-electron chi connectivity index (χ0n) is 15.7. The first kappa shape index (κ1) is 18.5. The van der Waals surface area contributed by atoms with Crippen molar-refractivity contribution in [2.45, 2.75) is 18.8 Å². The predicted molar refractivity (Wildman–Crippen MR) is 114 cm³/mol. The first-order chi connectivity index (χ1) is 12.6. The summed E-state index contributed by atoms with van der Waals surface area (Å²) >= 11 is 5.62. The van der Waals surface area contributed by atoms with Crippen molar-refractivity contribution < 1.29 is 4.74 Å². The van der Waals surface area contributed by atoms with Crippen LogP contribution in [0.25, 0.3) is 0 Å². The van der Waals surface area contributed by atoms with E-state index in [-0.39, 0.29) is 0 Å².